The number of unbranched alkanes of at least 4 members (excludes halogenated alkanes) is 8. The number of hydrogen-bond acceptors (Lipinski definition) is 2. The van der Waals surface area contributed by atoms with Gasteiger partial charge in [0.15, 0.2) is 0 Å². The van der Waals surface area contributed by atoms with Crippen LogP contribution in [0.5, 0.6) is 0 Å². The summed E-state index contributed by atoms with van der Waals surface area (Å²) in [6, 6.07) is 0. The Balaban J connectivity index is 3.35. The molecule has 0 aliphatic carbocycles. The van der Waals surface area contributed by atoms with E-state index in [-0.39, 0.29) is 5.57 Å². The standard InChI is InChI=1S/C19H32F2O2/c1-3-4-5-6-7-8-9-10-11-12-13-14-15-23-18(22)16-17(2)19(20)21/h6-7,16,19H,3-5,8-15H2,1-2H3/b7-6-,17-16-. The van der Waals surface area contributed by atoms with Crippen LogP contribution in [0.4, 0.5) is 8.78 Å². The number of carbonyl (C=O) groups is 1. The summed E-state index contributed by atoms with van der Waals surface area (Å²) < 4.78 is 29.3. The molecular weight excluding hydrogens is 298 g/mol. The van der Waals surface area contributed by atoms with Gasteiger partial charge in [0.25, 0.3) is 6.43 Å². The van der Waals surface area contributed by atoms with Gasteiger partial charge in [-0.15, -0.1) is 0 Å². The number of rotatable bonds is 14. The first-order chi connectivity index (χ1) is 11.1. The predicted molar refractivity (Wildman–Crippen MR) is 91.7 cm³/mol. The van der Waals surface area contributed by atoms with Gasteiger partial charge in [-0.25, -0.2) is 13.6 Å². The number of alkyl halides is 2. The van der Waals surface area contributed by atoms with Gasteiger partial charge in [-0.2, -0.15) is 0 Å². The number of allylic oxidation sites excluding steroid dienone is 3. The molecule has 0 amide bonds. The van der Waals surface area contributed by atoms with Crippen molar-refractivity contribution in [2.24, 2.45) is 0 Å². The number of hydrogen-bond donors (Lipinski definition) is 0. The Kier molecular flexibility index (Phi) is 14.9. The molecule has 0 aliphatic rings. The van der Waals surface area contributed by atoms with E-state index >= 15 is 0 Å². The molecule has 0 saturated carbocycles. The van der Waals surface area contributed by atoms with E-state index in [0.29, 0.717) is 6.61 Å². The van der Waals surface area contributed by atoms with Crippen LogP contribution in [0.3, 0.4) is 0 Å². The molecule has 0 aromatic carbocycles. The second kappa shape index (κ2) is 15.7. The molecule has 0 heterocycles. The van der Waals surface area contributed by atoms with Gasteiger partial charge in [0.05, 0.1) is 6.61 Å². The zero-order valence-electron chi connectivity index (χ0n) is 14.7. The largest absolute Gasteiger partial charge is 0.463 e. The molecule has 0 saturated heterocycles. The van der Waals surface area contributed by atoms with Gasteiger partial charge >= 0.3 is 5.97 Å². The van der Waals surface area contributed by atoms with Crippen LogP contribution in [0.1, 0.15) is 78.1 Å². The summed E-state index contributed by atoms with van der Waals surface area (Å²) in [4.78, 5) is 11.2. The Hall–Kier alpha value is -1.19. The zero-order valence-corrected chi connectivity index (χ0v) is 14.7. The van der Waals surface area contributed by atoms with Crippen LogP contribution in [-0.2, 0) is 9.53 Å². The summed E-state index contributed by atoms with van der Waals surface area (Å²) in [5.74, 6) is -0.669. The minimum atomic E-state index is -2.59. The number of carbonyl (C=O) groups excluding carboxylic acids is 1. The van der Waals surface area contributed by atoms with Crippen LogP contribution >= 0.6 is 0 Å². The third kappa shape index (κ3) is 15.5. The van der Waals surface area contributed by atoms with E-state index in [2.05, 4.69) is 19.1 Å². The van der Waals surface area contributed by atoms with Crippen molar-refractivity contribution in [3.05, 3.63) is 23.8 Å². The molecule has 0 aliphatic heterocycles. The highest BCUT2D eigenvalue weighted by Gasteiger charge is 2.07. The van der Waals surface area contributed by atoms with Gasteiger partial charge < -0.3 is 4.74 Å². The van der Waals surface area contributed by atoms with Crippen molar-refractivity contribution < 1.29 is 18.3 Å². The van der Waals surface area contributed by atoms with Crippen molar-refractivity contribution in [2.75, 3.05) is 6.61 Å². The predicted octanol–water partition coefficient (Wildman–Crippen LogP) is 6.22. The number of ether oxygens (including phenoxy) is 1. The molecule has 23 heavy (non-hydrogen) atoms. The Labute approximate surface area is 140 Å². The SMILES string of the molecule is CCCC/C=C\CCCCCCCCOC(=O)/C=C(/C)C(F)F. The third-order valence-corrected chi connectivity index (χ3v) is 3.59. The molecule has 0 N–H and O–H groups in total. The van der Waals surface area contributed by atoms with Gasteiger partial charge in [0.2, 0.25) is 0 Å². The monoisotopic (exact) mass is 330 g/mol. The van der Waals surface area contributed by atoms with E-state index in [0.717, 1.165) is 31.8 Å². The van der Waals surface area contributed by atoms with Gasteiger partial charge in [-0.3, -0.25) is 0 Å². The molecule has 0 aromatic heterocycles. The summed E-state index contributed by atoms with van der Waals surface area (Å²) in [5, 5.41) is 0. The van der Waals surface area contributed by atoms with Crippen LogP contribution in [0.2, 0.25) is 0 Å². The molecule has 0 aromatic rings. The Morgan fingerprint density at radius 2 is 1.52 bits per heavy atom. The molecule has 0 bridgehead atoms. The van der Waals surface area contributed by atoms with Crippen LogP contribution in [0, 0.1) is 0 Å². The molecule has 0 fully saturated rings. The molecule has 0 rings (SSSR count). The van der Waals surface area contributed by atoms with Crippen LogP contribution in [0.25, 0.3) is 0 Å². The lowest BCUT2D eigenvalue weighted by Crippen LogP contribution is -2.05. The lowest BCUT2D eigenvalue weighted by molar-refractivity contribution is -0.138. The molecule has 0 atom stereocenters. The van der Waals surface area contributed by atoms with E-state index < -0.39 is 12.4 Å². The molecule has 4 heteroatoms. The summed E-state index contributed by atoms with van der Waals surface area (Å²) in [6.07, 6.45) is 14.3. The van der Waals surface area contributed by atoms with Crippen LogP contribution in [-0.4, -0.2) is 19.0 Å². The minimum Gasteiger partial charge on any atom is -0.463 e. The molecular formula is C19H32F2O2. The fourth-order valence-corrected chi connectivity index (χ4v) is 2.09. The van der Waals surface area contributed by atoms with Crippen LogP contribution in [0.15, 0.2) is 23.8 Å². The average molecular weight is 330 g/mol. The van der Waals surface area contributed by atoms with Crippen molar-refractivity contribution in [2.45, 2.75) is 84.5 Å². The second-order valence-corrected chi connectivity index (χ2v) is 5.88. The summed E-state index contributed by atoms with van der Waals surface area (Å²) in [7, 11) is 0. The average Bonchev–Trinajstić information content (AvgIpc) is 2.51. The van der Waals surface area contributed by atoms with E-state index in [4.69, 9.17) is 4.74 Å². The van der Waals surface area contributed by atoms with Crippen molar-refractivity contribution in [3.63, 3.8) is 0 Å². The maximum atomic E-state index is 12.2. The van der Waals surface area contributed by atoms with Gasteiger partial charge in [0.1, 0.15) is 0 Å². The van der Waals surface area contributed by atoms with Crippen molar-refractivity contribution in [1.29, 1.82) is 0 Å². The molecule has 0 radical (unpaired) electrons. The lowest BCUT2D eigenvalue weighted by atomic mass is 10.1. The first kappa shape index (κ1) is 21.8. The molecule has 0 unspecified atom stereocenters. The molecule has 2 nitrogen and oxygen atoms in total. The summed E-state index contributed by atoms with van der Waals surface area (Å²) >= 11 is 0. The van der Waals surface area contributed by atoms with E-state index in [9.17, 15) is 13.6 Å². The lowest BCUT2D eigenvalue weighted by Gasteiger charge is -2.03. The normalized spacial score (nSPS) is 12.3. The van der Waals surface area contributed by atoms with E-state index in [1.807, 2.05) is 0 Å². The quantitative estimate of drug-likeness (QED) is 0.164. The summed E-state index contributed by atoms with van der Waals surface area (Å²) in [6.45, 7) is 3.74. The highest BCUT2D eigenvalue weighted by molar-refractivity contribution is 5.82. The second-order valence-electron chi connectivity index (χ2n) is 5.88. The fourth-order valence-electron chi connectivity index (χ4n) is 2.09. The van der Waals surface area contributed by atoms with Gasteiger partial charge in [-0.05, 0) is 38.2 Å². The van der Waals surface area contributed by atoms with Crippen molar-refractivity contribution in [1.82, 2.24) is 0 Å². The van der Waals surface area contributed by atoms with Gasteiger partial charge in [-0.1, -0.05) is 57.6 Å². The van der Waals surface area contributed by atoms with E-state index in [1.165, 1.54) is 45.4 Å². The Bertz CT molecular complexity index is 349. The maximum Gasteiger partial charge on any atom is 0.330 e. The Morgan fingerprint density at radius 1 is 0.957 bits per heavy atom. The van der Waals surface area contributed by atoms with Crippen LogP contribution < -0.4 is 0 Å². The fraction of sp³-hybridized carbons (Fsp3) is 0.737. The van der Waals surface area contributed by atoms with Crippen molar-refractivity contribution >= 4 is 5.97 Å². The maximum absolute atomic E-state index is 12.2. The van der Waals surface area contributed by atoms with Gasteiger partial charge in [0, 0.05) is 6.08 Å². The first-order valence-electron chi connectivity index (χ1n) is 8.86. The van der Waals surface area contributed by atoms with E-state index in [1.54, 1.807) is 0 Å². The molecule has 0 spiro atoms. The smallest absolute Gasteiger partial charge is 0.330 e. The highest BCUT2D eigenvalue weighted by Crippen LogP contribution is 2.09. The topological polar surface area (TPSA) is 26.3 Å². The number of halogens is 2. The Morgan fingerprint density at radius 3 is 2.13 bits per heavy atom. The molecule has 134 valence electrons. The number of esters is 1. The first-order valence-corrected chi connectivity index (χ1v) is 8.86. The van der Waals surface area contributed by atoms with Crippen molar-refractivity contribution in [3.8, 4) is 0 Å². The highest BCUT2D eigenvalue weighted by atomic mass is 19.3. The third-order valence-electron chi connectivity index (χ3n) is 3.59. The zero-order chi connectivity index (χ0) is 17.3. The minimum absolute atomic E-state index is 0.251. The summed E-state index contributed by atoms with van der Waals surface area (Å²) in [5.41, 5.74) is -0.251.